The lowest BCUT2D eigenvalue weighted by Crippen LogP contribution is -2.48. The van der Waals surface area contributed by atoms with Crippen LogP contribution in [0.25, 0.3) is 0 Å². The highest BCUT2D eigenvalue weighted by atomic mass is 28.4. The molecular formula is C40H47FN4O7Si. The number of ether oxygens (including phenoxy) is 1. The molecule has 0 saturated carbocycles. The number of nitro groups is 1. The molecule has 0 radical (unpaired) electrons. The van der Waals surface area contributed by atoms with Gasteiger partial charge in [0.15, 0.2) is 5.60 Å². The third kappa shape index (κ3) is 6.67. The molecule has 3 aromatic carbocycles. The zero-order valence-corrected chi connectivity index (χ0v) is 31.5. The van der Waals surface area contributed by atoms with Crippen LogP contribution in [-0.4, -0.2) is 66.4 Å². The van der Waals surface area contributed by atoms with Gasteiger partial charge in [-0.05, 0) is 67.2 Å². The number of benzene rings is 3. The molecule has 4 aliphatic heterocycles. The van der Waals surface area contributed by atoms with Gasteiger partial charge in [-0.15, -0.1) is 0 Å². The van der Waals surface area contributed by atoms with Crippen LogP contribution >= 0.6 is 0 Å². The number of anilines is 2. The fraction of sp³-hybridized carbons (Fsp3) is 0.475. The van der Waals surface area contributed by atoms with E-state index in [1.54, 1.807) is 35.9 Å². The summed E-state index contributed by atoms with van der Waals surface area (Å²) in [4.78, 5) is 58.4. The predicted molar refractivity (Wildman–Crippen MR) is 200 cm³/mol. The van der Waals surface area contributed by atoms with Crippen LogP contribution in [0.5, 0.6) is 0 Å². The van der Waals surface area contributed by atoms with Gasteiger partial charge in [-0.3, -0.25) is 24.5 Å². The number of aliphatic hydroxyl groups excluding tert-OH is 1. The molecule has 53 heavy (non-hydrogen) atoms. The van der Waals surface area contributed by atoms with Crippen molar-refractivity contribution in [3.8, 4) is 0 Å². The summed E-state index contributed by atoms with van der Waals surface area (Å²) >= 11 is 0. The first-order chi connectivity index (χ1) is 25.3. The van der Waals surface area contributed by atoms with E-state index in [1.807, 2.05) is 53.4 Å². The topological polar surface area (TPSA) is 134 Å². The van der Waals surface area contributed by atoms with Gasteiger partial charge in [0.05, 0.1) is 42.3 Å². The molecule has 4 aliphatic rings. The predicted octanol–water partition coefficient (Wildman–Crippen LogP) is 6.55. The van der Waals surface area contributed by atoms with Crippen LogP contribution in [0, 0.1) is 16.0 Å². The van der Waals surface area contributed by atoms with E-state index in [1.165, 1.54) is 12.1 Å². The summed E-state index contributed by atoms with van der Waals surface area (Å²) in [5.41, 5.74) is 1.57. The van der Waals surface area contributed by atoms with Crippen LogP contribution in [0.2, 0.25) is 18.6 Å². The Balaban J connectivity index is 1.21. The van der Waals surface area contributed by atoms with Crippen molar-refractivity contribution >= 4 is 43.2 Å². The van der Waals surface area contributed by atoms with Gasteiger partial charge in [0.1, 0.15) is 0 Å². The van der Waals surface area contributed by atoms with Gasteiger partial charge < -0.3 is 28.7 Å². The van der Waals surface area contributed by atoms with Gasteiger partial charge in [0, 0.05) is 54.4 Å². The molecule has 2 saturated heterocycles. The number of carbonyl (C=O) groups is 3. The summed E-state index contributed by atoms with van der Waals surface area (Å²) < 4.78 is 23.3. The minimum atomic E-state index is -3.64. The third-order valence-electron chi connectivity index (χ3n) is 11.8. The number of carbonyl (C=O) groups excluding carboxylic acids is 3. The first kappa shape index (κ1) is 36.9. The summed E-state index contributed by atoms with van der Waals surface area (Å²) in [6, 6.07) is 19.1. The summed E-state index contributed by atoms with van der Waals surface area (Å²) in [7, 11) is -3.64. The van der Waals surface area contributed by atoms with Crippen molar-refractivity contribution in [1.29, 1.82) is 0 Å². The number of non-ortho nitro benzene ring substituents is 1. The Bertz CT molecular complexity index is 1920. The van der Waals surface area contributed by atoms with Crippen LogP contribution in [-0.2, 0) is 44.2 Å². The fourth-order valence-corrected chi connectivity index (χ4v) is 11.7. The van der Waals surface area contributed by atoms with E-state index >= 15 is 4.11 Å². The van der Waals surface area contributed by atoms with E-state index in [-0.39, 0.29) is 37.1 Å². The van der Waals surface area contributed by atoms with Crippen molar-refractivity contribution in [2.45, 2.75) is 101 Å². The Morgan fingerprint density at radius 1 is 1.04 bits per heavy atom. The summed E-state index contributed by atoms with van der Waals surface area (Å²) in [6.45, 7) is 5.68. The number of fused-ring (bicyclic) bond motifs is 3. The van der Waals surface area contributed by atoms with Crippen molar-refractivity contribution in [2.24, 2.45) is 5.92 Å². The van der Waals surface area contributed by atoms with Gasteiger partial charge in [-0.1, -0.05) is 56.2 Å². The highest BCUT2D eigenvalue weighted by molar-refractivity contribution is 6.72. The molecule has 280 valence electrons. The van der Waals surface area contributed by atoms with Crippen molar-refractivity contribution in [1.82, 2.24) is 4.90 Å². The molecule has 3 amide bonds. The molecule has 3 aromatic rings. The number of nitrogens with zero attached hydrogens (tertiary/aromatic N) is 4. The van der Waals surface area contributed by atoms with Crippen LogP contribution in [0.4, 0.5) is 21.2 Å². The van der Waals surface area contributed by atoms with E-state index in [0.29, 0.717) is 37.2 Å². The van der Waals surface area contributed by atoms with Gasteiger partial charge in [0.2, 0.25) is 20.2 Å². The summed E-state index contributed by atoms with van der Waals surface area (Å²) in [5.74, 6) is -1.42. The van der Waals surface area contributed by atoms with Gasteiger partial charge >= 0.3 is 0 Å². The maximum absolute atomic E-state index is 16.5. The lowest BCUT2D eigenvalue weighted by atomic mass is 9.82. The van der Waals surface area contributed by atoms with E-state index < -0.39 is 48.4 Å². The highest BCUT2D eigenvalue weighted by Crippen LogP contribution is 2.60. The number of aliphatic hydroxyl groups is 1. The SMILES string of the molecule is C[C@H]1[C@H]([Si](C)(C)F)[C@@H](CC(=O)N2Cc3ccccc3C[C@H]2CO)O[C@]12C(=O)N(Cc1ccc(N3CCCCCCC3=O)cc1)c1ccc([N+](=O)[O-])cc12. The monoisotopic (exact) mass is 742 g/mol. The Labute approximate surface area is 310 Å². The maximum Gasteiger partial charge on any atom is 0.269 e. The molecule has 2 fully saturated rings. The highest BCUT2D eigenvalue weighted by Gasteiger charge is 2.67. The molecule has 1 spiro atoms. The summed E-state index contributed by atoms with van der Waals surface area (Å²) in [6.07, 6.45) is 3.74. The van der Waals surface area contributed by atoms with E-state index in [4.69, 9.17) is 4.74 Å². The molecule has 11 nitrogen and oxygen atoms in total. The van der Waals surface area contributed by atoms with Crippen molar-refractivity contribution in [2.75, 3.05) is 23.0 Å². The average molecular weight is 743 g/mol. The molecule has 13 heteroatoms. The van der Waals surface area contributed by atoms with E-state index in [2.05, 4.69) is 0 Å². The largest absolute Gasteiger partial charge is 0.394 e. The Kier molecular flexibility index (Phi) is 10.0. The summed E-state index contributed by atoms with van der Waals surface area (Å²) in [5, 5.41) is 22.3. The van der Waals surface area contributed by atoms with Crippen LogP contribution < -0.4 is 9.80 Å². The Morgan fingerprint density at radius 2 is 1.75 bits per heavy atom. The van der Waals surface area contributed by atoms with E-state index in [9.17, 15) is 29.6 Å². The number of hydrogen-bond donors (Lipinski definition) is 1. The van der Waals surface area contributed by atoms with Gasteiger partial charge in [-0.2, -0.15) is 0 Å². The van der Waals surface area contributed by atoms with E-state index in [0.717, 1.165) is 48.1 Å². The Hall–Kier alpha value is -4.46. The lowest BCUT2D eigenvalue weighted by Gasteiger charge is -2.37. The first-order valence-corrected chi connectivity index (χ1v) is 21.6. The number of nitro benzene ring substituents is 1. The second kappa shape index (κ2) is 14.4. The van der Waals surface area contributed by atoms with Crippen LogP contribution in [0.3, 0.4) is 0 Å². The quantitative estimate of drug-likeness (QED) is 0.120. The molecule has 4 heterocycles. The third-order valence-corrected chi connectivity index (χ3v) is 14.3. The minimum absolute atomic E-state index is 0.0934. The molecular weight excluding hydrogens is 696 g/mol. The zero-order chi connectivity index (χ0) is 37.7. The normalized spacial score (nSPS) is 26.0. The standard InChI is InChI=1S/C40H47FN4O7Si/c1-26-38(53(2,3)41)35(22-37(48)43-24-29-11-8-7-10-28(29)20-32(43)25-46)52-40(26)33-21-31(45(50)51)17-18-34(33)44(39(40)49)23-27-13-15-30(16-14-27)42-19-9-5-4-6-12-36(42)47/h7-8,10-11,13-18,21,26,32,35,38,46H,4-6,9,12,19-20,22-25H2,1-3H3/t26-,32-,35+,38-,40+/m0/s1. The van der Waals surface area contributed by atoms with Crippen molar-refractivity contribution in [3.05, 3.63) is 99.1 Å². The van der Waals surface area contributed by atoms with Crippen LogP contribution in [0.15, 0.2) is 66.7 Å². The Morgan fingerprint density at radius 3 is 2.45 bits per heavy atom. The molecule has 7 rings (SSSR count). The molecule has 0 unspecified atom stereocenters. The lowest BCUT2D eigenvalue weighted by molar-refractivity contribution is -0.385. The van der Waals surface area contributed by atoms with Gasteiger partial charge in [0.25, 0.3) is 11.6 Å². The molecule has 0 aliphatic carbocycles. The molecule has 0 aromatic heterocycles. The van der Waals surface area contributed by atoms with Crippen LogP contribution in [0.1, 0.15) is 67.7 Å². The molecule has 0 bridgehead atoms. The smallest absolute Gasteiger partial charge is 0.269 e. The van der Waals surface area contributed by atoms with Crippen molar-refractivity contribution in [3.63, 3.8) is 0 Å². The second-order valence-corrected chi connectivity index (χ2v) is 19.3. The molecule has 1 N–H and O–H groups in total. The fourth-order valence-electron chi connectivity index (χ4n) is 9.23. The number of rotatable bonds is 8. The molecule has 5 atom stereocenters. The first-order valence-electron chi connectivity index (χ1n) is 18.7. The zero-order valence-electron chi connectivity index (χ0n) is 30.5. The minimum Gasteiger partial charge on any atom is -0.394 e. The number of hydrogen-bond acceptors (Lipinski definition) is 7. The van der Waals surface area contributed by atoms with Gasteiger partial charge in [-0.25, -0.2) is 0 Å². The number of amides is 3. The average Bonchev–Trinajstić information content (AvgIpc) is 3.55. The second-order valence-electron chi connectivity index (χ2n) is 15.5. The number of halogens is 1. The van der Waals surface area contributed by atoms with Crippen molar-refractivity contribution < 1.29 is 33.3 Å². The maximum atomic E-state index is 16.5.